The molecule has 0 saturated heterocycles. The summed E-state index contributed by atoms with van der Waals surface area (Å²) >= 11 is 7.73. The first kappa shape index (κ1) is 11.1. The van der Waals surface area contributed by atoms with E-state index < -0.39 is 0 Å². The minimum absolute atomic E-state index is 0.191. The number of benzene rings is 1. The van der Waals surface area contributed by atoms with Gasteiger partial charge in [0, 0.05) is 15.8 Å². The Morgan fingerprint density at radius 1 is 1.40 bits per heavy atom. The molecule has 2 nitrogen and oxygen atoms in total. The number of anilines is 1. The molecule has 1 aliphatic rings. The SMILES string of the molecule is Nc1ccc(SC2CCCC2O)c(Cl)c1. The van der Waals surface area contributed by atoms with Crippen molar-refractivity contribution in [2.24, 2.45) is 0 Å². The molecule has 0 spiro atoms. The van der Waals surface area contributed by atoms with Crippen LogP contribution in [0.5, 0.6) is 0 Å². The number of halogens is 1. The molecule has 3 N–H and O–H groups in total. The molecule has 2 rings (SSSR count). The van der Waals surface area contributed by atoms with Crippen molar-refractivity contribution in [3.8, 4) is 0 Å². The molecule has 82 valence electrons. The third kappa shape index (κ3) is 2.60. The van der Waals surface area contributed by atoms with Crippen LogP contribution in [0.2, 0.25) is 5.02 Å². The molecule has 2 atom stereocenters. The minimum Gasteiger partial charge on any atom is -0.399 e. The van der Waals surface area contributed by atoms with E-state index in [2.05, 4.69) is 0 Å². The summed E-state index contributed by atoms with van der Waals surface area (Å²) in [6, 6.07) is 5.52. The second kappa shape index (κ2) is 4.64. The van der Waals surface area contributed by atoms with Gasteiger partial charge in [-0.15, -0.1) is 11.8 Å². The number of nitrogens with two attached hydrogens (primary N) is 1. The minimum atomic E-state index is -0.191. The van der Waals surface area contributed by atoms with Gasteiger partial charge in [0.05, 0.1) is 11.1 Å². The summed E-state index contributed by atoms with van der Waals surface area (Å²) in [5.74, 6) is 0. The highest BCUT2D eigenvalue weighted by molar-refractivity contribution is 8.00. The highest BCUT2D eigenvalue weighted by atomic mass is 35.5. The van der Waals surface area contributed by atoms with Crippen molar-refractivity contribution < 1.29 is 5.11 Å². The highest BCUT2D eigenvalue weighted by Crippen LogP contribution is 2.38. The van der Waals surface area contributed by atoms with Crippen LogP contribution >= 0.6 is 23.4 Å². The fourth-order valence-corrected chi connectivity index (χ4v) is 3.36. The lowest BCUT2D eigenvalue weighted by Crippen LogP contribution is -2.14. The molecule has 2 unspecified atom stereocenters. The summed E-state index contributed by atoms with van der Waals surface area (Å²) in [4.78, 5) is 1.01. The molecule has 0 amide bonds. The summed E-state index contributed by atoms with van der Waals surface area (Å²) < 4.78 is 0. The van der Waals surface area contributed by atoms with Crippen molar-refractivity contribution >= 4 is 29.1 Å². The third-order valence-corrected chi connectivity index (χ3v) is 4.54. The lowest BCUT2D eigenvalue weighted by atomic mass is 10.3. The Hall–Kier alpha value is -0.380. The molecular weight excluding hydrogens is 230 g/mol. The number of hydrogen-bond donors (Lipinski definition) is 2. The topological polar surface area (TPSA) is 46.2 Å². The Morgan fingerprint density at radius 2 is 2.20 bits per heavy atom. The maximum atomic E-state index is 9.71. The largest absolute Gasteiger partial charge is 0.399 e. The molecule has 0 aromatic heterocycles. The predicted octanol–water partition coefficient (Wildman–Crippen LogP) is 2.93. The van der Waals surface area contributed by atoms with Crippen LogP contribution in [0, 0.1) is 0 Å². The lowest BCUT2D eigenvalue weighted by molar-refractivity contribution is 0.188. The standard InChI is InChI=1S/C11H14ClNOS/c12-8-6-7(13)4-5-10(8)15-11-3-1-2-9(11)14/h4-6,9,11,14H,1-3,13H2. The summed E-state index contributed by atoms with van der Waals surface area (Å²) in [5.41, 5.74) is 6.30. The van der Waals surface area contributed by atoms with Gasteiger partial charge < -0.3 is 10.8 Å². The molecule has 0 heterocycles. The summed E-state index contributed by atoms with van der Waals surface area (Å²) in [5, 5.41) is 10.7. The van der Waals surface area contributed by atoms with E-state index in [-0.39, 0.29) is 11.4 Å². The van der Waals surface area contributed by atoms with Gasteiger partial charge in [-0.25, -0.2) is 0 Å². The maximum absolute atomic E-state index is 9.71. The average Bonchev–Trinajstić information content (AvgIpc) is 2.57. The van der Waals surface area contributed by atoms with Gasteiger partial charge >= 0.3 is 0 Å². The highest BCUT2D eigenvalue weighted by Gasteiger charge is 2.26. The van der Waals surface area contributed by atoms with Gasteiger partial charge in [-0.2, -0.15) is 0 Å². The zero-order chi connectivity index (χ0) is 10.8. The molecule has 15 heavy (non-hydrogen) atoms. The van der Waals surface area contributed by atoms with E-state index in [1.54, 1.807) is 17.8 Å². The zero-order valence-corrected chi connectivity index (χ0v) is 9.89. The first-order chi connectivity index (χ1) is 7.16. The molecule has 0 bridgehead atoms. The molecule has 1 fully saturated rings. The fraction of sp³-hybridized carbons (Fsp3) is 0.455. The Kier molecular flexibility index (Phi) is 3.44. The van der Waals surface area contributed by atoms with Gasteiger partial charge in [-0.1, -0.05) is 11.6 Å². The predicted molar refractivity (Wildman–Crippen MR) is 65.4 cm³/mol. The van der Waals surface area contributed by atoms with Crippen molar-refractivity contribution in [1.29, 1.82) is 0 Å². The number of nitrogen functional groups attached to an aromatic ring is 1. The quantitative estimate of drug-likeness (QED) is 0.786. The van der Waals surface area contributed by atoms with Crippen LogP contribution in [0.3, 0.4) is 0 Å². The smallest absolute Gasteiger partial charge is 0.0662 e. The van der Waals surface area contributed by atoms with E-state index in [4.69, 9.17) is 17.3 Å². The second-order valence-electron chi connectivity index (χ2n) is 3.84. The average molecular weight is 244 g/mol. The number of hydrogen-bond acceptors (Lipinski definition) is 3. The Labute approximate surface area is 98.8 Å². The van der Waals surface area contributed by atoms with E-state index in [0.29, 0.717) is 10.7 Å². The molecule has 1 aromatic rings. The van der Waals surface area contributed by atoms with E-state index >= 15 is 0 Å². The fourth-order valence-electron chi connectivity index (χ4n) is 1.82. The van der Waals surface area contributed by atoms with Crippen LogP contribution in [-0.2, 0) is 0 Å². The second-order valence-corrected chi connectivity index (χ2v) is 5.53. The van der Waals surface area contributed by atoms with E-state index in [0.717, 1.165) is 24.2 Å². The summed E-state index contributed by atoms with van der Waals surface area (Å²) in [7, 11) is 0. The molecular formula is C11H14ClNOS. The number of aliphatic hydroxyl groups excluding tert-OH is 1. The van der Waals surface area contributed by atoms with Crippen molar-refractivity contribution in [2.75, 3.05) is 5.73 Å². The van der Waals surface area contributed by atoms with Gasteiger partial charge in [-0.05, 0) is 37.5 Å². The molecule has 1 saturated carbocycles. The summed E-state index contributed by atoms with van der Waals surface area (Å²) in [6.45, 7) is 0. The van der Waals surface area contributed by atoms with Crippen molar-refractivity contribution in [3.05, 3.63) is 23.2 Å². The van der Waals surface area contributed by atoms with Gasteiger partial charge in [0.1, 0.15) is 0 Å². The van der Waals surface area contributed by atoms with E-state index in [9.17, 15) is 5.11 Å². The number of thioether (sulfide) groups is 1. The van der Waals surface area contributed by atoms with Crippen LogP contribution in [0.4, 0.5) is 5.69 Å². The van der Waals surface area contributed by atoms with Crippen molar-refractivity contribution in [1.82, 2.24) is 0 Å². The van der Waals surface area contributed by atoms with Gasteiger partial charge in [0.15, 0.2) is 0 Å². The van der Waals surface area contributed by atoms with Crippen molar-refractivity contribution in [2.45, 2.75) is 35.5 Å². The van der Waals surface area contributed by atoms with Crippen LogP contribution in [0.15, 0.2) is 23.1 Å². The first-order valence-electron chi connectivity index (χ1n) is 5.06. The number of aliphatic hydroxyl groups is 1. The van der Waals surface area contributed by atoms with E-state index in [1.807, 2.05) is 12.1 Å². The zero-order valence-electron chi connectivity index (χ0n) is 8.32. The Balaban J connectivity index is 2.10. The Bertz CT molecular complexity index is 358. The van der Waals surface area contributed by atoms with Gasteiger partial charge in [0.2, 0.25) is 0 Å². The Morgan fingerprint density at radius 3 is 2.80 bits per heavy atom. The van der Waals surface area contributed by atoms with E-state index in [1.165, 1.54) is 0 Å². The lowest BCUT2D eigenvalue weighted by Gasteiger charge is -2.14. The summed E-state index contributed by atoms with van der Waals surface area (Å²) in [6.07, 6.45) is 2.88. The molecule has 1 aliphatic carbocycles. The van der Waals surface area contributed by atoms with Crippen LogP contribution in [0.25, 0.3) is 0 Å². The van der Waals surface area contributed by atoms with Gasteiger partial charge in [0.25, 0.3) is 0 Å². The van der Waals surface area contributed by atoms with Crippen LogP contribution < -0.4 is 5.73 Å². The van der Waals surface area contributed by atoms with Gasteiger partial charge in [-0.3, -0.25) is 0 Å². The molecule has 0 radical (unpaired) electrons. The molecule has 0 aliphatic heterocycles. The number of rotatable bonds is 2. The molecule has 4 heteroatoms. The monoisotopic (exact) mass is 243 g/mol. The van der Waals surface area contributed by atoms with Crippen LogP contribution in [0.1, 0.15) is 19.3 Å². The van der Waals surface area contributed by atoms with Crippen LogP contribution in [-0.4, -0.2) is 16.5 Å². The third-order valence-electron chi connectivity index (χ3n) is 2.65. The maximum Gasteiger partial charge on any atom is 0.0662 e. The molecule has 1 aromatic carbocycles. The first-order valence-corrected chi connectivity index (χ1v) is 6.32. The normalized spacial score (nSPS) is 25.7. The van der Waals surface area contributed by atoms with Crippen molar-refractivity contribution in [3.63, 3.8) is 0 Å².